The first kappa shape index (κ1) is 47.0. The molecule has 332 valence electrons. The van der Waals surface area contributed by atoms with Gasteiger partial charge in [-0.25, -0.2) is 14.6 Å². The molecule has 0 radical (unpaired) electrons. The van der Waals surface area contributed by atoms with Crippen LogP contribution in [0, 0.1) is 0 Å². The standard InChI is InChI=1S/C42H58N2O16/c1-3-42(35-29-37-38-33(28-32-6-4-5-7-36(32)43-38)30-44(37)39(45)34(35)31-59-40(42)46)60-41(47)58-27-26-57-25-24-56-23-22-55-21-20-54-19-18-53-17-16-52-15-14-51-13-12-50-11-10-49-9-8-48-2/h4-7,28-29H,3,8-27,30-31H2,1-2H3/t42-/m0/s1. The number of hydrogen-bond acceptors (Lipinski definition) is 17. The summed E-state index contributed by atoms with van der Waals surface area (Å²) in [6.07, 6.45) is -1.06. The molecule has 0 fully saturated rings. The van der Waals surface area contributed by atoms with Crippen molar-refractivity contribution in [3.05, 3.63) is 63.4 Å². The summed E-state index contributed by atoms with van der Waals surface area (Å²) in [6.45, 7) is 10.0. The molecule has 2 aliphatic heterocycles. The topological polar surface area (TPSA) is 189 Å². The maximum atomic E-state index is 13.7. The van der Waals surface area contributed by atoms with Crippen molar-refractivity contribution >= 4 is 23.0 Å². The summed E-state index contributed by atoms with van der Waals surface area (Å²) in [7, 11) is 1.64. The van der Waals surface area contributed by atoms with Crippen LogP contribution in [0.2, 0.25) is 0 Å². The van der Waals surface area contributed by atoms with Crippen molar-refractivity contribution in [2.24, 2.45) is 0 Å². The number of ether oxygens (including phenoxy) is 13. The average Bonchev–Trinajstić information content (AvgIpc) is 3.62. The third-order valence-corrected chi connectivity index (χ3v) is 9.50. The summed E-state index contributed by atoms with van der Waals surface area (Å²) in [5.74, 6) is -0.773. The minimum atomic E-state index is -1.86. The SMILES string of the molecule is CC[C@@]1(OC(=O)OCCOCCOCCOCCOCCOCCOCCOCCOCCOCCOC)C(=O)OCc2c1cc1n(c2=O)Cc2cc3ccccc3nc2-1. The fraction of sp³-hybridized carbons (Fsp3) is 0.619. The van der Waals surface area contributed by atoms with Crippen LogP contribution in [-0.4, -0.2) is 161 Å². The fourth-order valence-electron chi connectivity index (χ4n) is 6.44. The zero-order chi connectivity index (χ0) is 42.3. The van der Waals surface area contributed by atoms with Crippen molar-refractivity contribution in [3.8, 4) is 11.4 Å². The molecular weight excluding hydrogens is 788 g/mol. The normalized spacial score (nSPS) is 15.5. The van der Waals surface area contributed by atoms with Gasteiger partial charge in [-0.2, -0.15) is 0 Å². The summed E-state index contributed by atoms with van der Waals surface area (Å²) < 4.78 is 71.9. The van der Waals surface area contributed by atoms with E-state index in [1.54, 1.807) is 24.7 Å². The molecule has 0 unspecified atom stereocenters. The van der Waals surface area contributed by atoms with Gasteiger partial charge in [-0.3, -0.25) is 4.79 Å². The van der Waals surface area contributed by atoms with Gasteiger partial charge in [-0.15, -0.1) is 0 Å². The van der Waals surface area contributed by atoms with Gasteiger partial charge in [0.05, 0.1) is 155 Å². The average molecular weight is 847 g/mol. The van der Waals surface area contributed by atoms with Gasteiger partial charge in [-0.1, -0.05) is 25.1 Å². The van der Waals surface area contributed by atoms with Crippen LogP contribution in [0.25, 0.3) is 22.3 Å². The number of cyclic esters (lactones) is 1. The van der Waals surface area contributed by atoms with Crippen molar-refractivity contribution < 1.29 is 71.2 Å². The van der Waals surface area contributed by atoms with E-state index in [1.165, 1.54) is 0 Å². The summed E-state index contributed by atoms with van der Waals surface area (Å²) >= 11 is 0. The van der Waals surface area contributed by atoms with E-state index in [0.717, 1.165) is 16.5 Å². The second-order valence-corrected chi connectivity index (χ2v) is 13.5. The van der Waals surface area contributed by atoms with E-state index in [2.05, 4.69) is 0 Å². The molecule has 3 aromatic rings. The third-order valence-electron chi connectivity index (χ3n) is 9.50. The predicted octanol–water partition coefficient (Wildman–Crippen LogP) is 3.04. The molecule has 2 aromatic heterocycles. The highest BCUT2D eigenvalue weighted by molar-refractivity contribution is 5.87. The Bertz CT molecular complexity index is 1820. The van der Waals surface area contributed by atoms with Gasteiger partial charge in [-0.05, 0) is 24.6 Å². The Hall–Kier alpha value is -4.08. The molecule has 5 rings (SSSR count). The molecule has 0 aliphatic carbocycles. The first-order valence-corrected chi connectivity index (χ1v) is 20.4. The van der Waals surface area contributed by atoms with E-state index < -0.39 is 17.7 Å². The number of aromatic nitrogens is 2. The molecule has 0 bridgehead atoms. The molecule has 0 N–H and O–H groups in total. The number of para-hydroxylation sites is 1. The van der Waals surface area contributed by atoms with Crippen molar-refractivity contribution in [1.29, 1.82) is 0 Å². The lowest BCUT2D eigenvalue weighted by atomic mass is 9.85. The van der Waals surface area contributed by atoms with Gasteiger partial charge < -0.3 is 66.1 Å². The van der Waals surface area contributed by atoms with Gasteiger partial charge in [0.1, 0.15) is 13.2 Å². The van der Waals surface area contributed by atoms with E-state index >= 15 is 0 Å². The number of methoxy groups -OCH3 is 1. The van der Waals surface area contributed by atoms with E-state index in [0.29, 0.717) is 130 Å². The number of fused-ring (bicyclic) bond motifs is 5. The minimum Gasteiger partial charge on any atom is -0.457 e. The number of carbonyl (C=O) groups is 2. The molecule has 1 aromatic carbocycles. The highest BCUT2D eigenvalue weighted by Crippen LogP contribution is 2.41. The first-order chi connectivity index (χ1) is 29.5. The first-order valence-electron chi connectivity index (χ1n) is 20.4. The molecule has 2 aliphatic rings. The molecule has 0 amide bonds. The molecule has 0 spiro atoms. The highest BCUT2D eigenvalue weighted by atomic mass is 16.7. The fourth-order valence-corrected chi connectivity index (χ4v) is 6.44. The van der Waals surface area contributed by atoms with Crippen molar-refractivity contribution in [2.75, 3.05) is 139 Å². The van der Waals surface area contributed by atoms with Crippen LogP contribution < -0.4 is 5.56 Å². The number of benzene rings is 1. The summed E-state index contributed by atoms with van der Waals surface area (Å²) in [5, 5.41) is 0.959. The van der Waals surface area contributed by atoms with Crippen LogP contribution in [0.4, 0.5) is 4.79 Å². The molecule has 18 nitrogen and oxygen atoms in total. The Kier molecular flexibility index (Phi) is 20.6. The maximum absolute atomic E-state index is 13.7. The monoisotopic (exact) mass is 846 g/mol. The molecule has 1 atom stereocenters. The van der Waals surface area contributed by atoms with Crippen LogP contribution >= 0.6 is 0 Å². The Labute approximate surface area is 349 Å². The lowest BCUT2D eigenvalue weighted by molar-refractivity contribution is -0.175. The van der Waals surface area contributed by atoms with Gasteiger partial charge >= 0.3 is 12.1 Å². The lowest BCUT2D eigenvalue weighted by Gasteiger charge is -2.35. The third kappa shape index (κ3) is 14.0. The number of esters is 1. The molecular formula is C42H58N2O16. The largest absolute Gasteiger partial charge is 0.509 e. The Morgan fingerprint density at radius 1 is 0.683 bits per heavy atom. The molecule has 0 saturated carbocycles. The molecule has 4 heterocycles. The van der Waals surface area contributed by atoms with Crippen LogP contribution in [0.5, 0.6) is 0 Å². The Balaban J connectivity index is 0.842. The van der Waals surface area contributed by atoms with E-state index in [-0.39, 0.29) is 49.5 Å². The number of rotatable bonds is 32. The minimum absolute atomic E-state index is 0.0230. The zero-order valence-electron chi connectivity index (χ0n) is 34.7. The smallest absolute Gasteiger partial charge is 0.457 e. The van der Waals surface area contributed by atoms with Crippen molar-refractivity contribution in [1.82, 2.24) is 9.55 Å². The van der Waals surface area contributed by atoms with Crippen LogP contribution in [0.3, 0.4) is 0 Å². The van der Waals surface area contributed by atoms with Gasteiger partial charge in [0.15, 0.2) is 0 Å². The van der Waals surface area contributed by atoms with Gasteiger partial charge in [0.25, 0.3) is 5.56 Å². The van der Waals surface area contributed by atoms with Crippen LogP contribution in [0.15, 0.2) is 41.2 Å². The summed E-state index contributed by atoms with van der Waals surface area (Å²) in [6, 6.07) is 11.4. The van der Waals surface area contributed by atoms with E-state index in [9.17, 15) is 14.4 Å². The van der Waals surface area contributed by atoms with Gasteiger partial charge in [0.2, 0.25) is 5.60 Å². The summed E-state index contributed by atoms with van der Waals surface area (Å²) in [5.41, 5.74) is 1.19. The maximum Gasteiger partial charge on any atom is 0.509 e. The van der Waals surface area contributed by atoms with Gasteiger partial charge in [0, 0.05) is 23.6 Å². The molecule has 0 saturated heterocycles. The predicted molar refractivity (Wildman–Crippen MR) is 214 cm³/mol. The zero-order valence-corrected chi connectivity index (χ0v) is 34.7. The van der Waals surface area contributed by atoms with Crippen LogP contribution in [-0.2, 0) is 85.1 Å². The van der Waals surface area contributed by atoms with Crippen molar-refractivity contribution in [2.45, 2.75) is 32.1 Å². The van der Waals surface area contributed by atoms with Crippen molar-refractivity contribution in [3.63, 3.8) is 0 Å². The number of hydrogen-bond donors (Lipinski definition) is 0. The molecule has 18 heteroatoms. The van der Waals surface area contributed by atoms with Crippen LogP contribution in [0.1, 0.15) is 30.0 Å². The second-order valence-electron chi connectivity index (χ2n) is 13.5. The molecule has 60 heavy (non-hydrogen) atoms. The Morgan fingerprint density at radius 3 is 1.67 bits per heavy atom. The second kappa shape index (κ2) is 26.3. The Morgan fingerprint density at radius 2 is 1.17 bits per heavy atom. The number of carbonyl (C=O) groups excluding carboxylic acids is 2. The number of nitrogens with zero attached hydrogens (tertiary/aromatic N) is 2. The highest BCUT2D eigenvalue weighted by Gasteiger charge is 2.51. The lowest BCUT2D eigenvalue weighted by Crippen LogP contribution is -2.47. The quantitative estimate of drug-likeness (QED) is 0.0515. The summed E-state index contributed by atoms with van der Waals surface area (Å²) in [4.78, 5) is 44.6. The number of pyridine rings is 2. The van der Waals surface area contributed by atoms with E-state index in [1.807, 2.05) is 30.3 Å². The van der Waals surface area contributed by atoms with E-state index in [4.69, 9.17) is 66.6 Å².